The van der Waals surface area contributed by atoms with Crippen molar-refractivity contribution in [2.24, 2.45) is 0 Å². The van der Waals surface area contributed by atoms with Gasteiger partial charge in [0, 0.05) is 55.9 Å². The normalized spacial score (nSPS) is 13.3. The molecule has 1 saturated heterocycles. The highest BCUT2D eigenvalue weighted by Crippen LogP contribution is 2.14. The van der Waals surface area contributed by atoms with Crippen molar-refractivity contribution in [3.8, 4) is 0 Å². The molecule has 0 aromatic heterocycles. The van der Waals surface area contributed by atoms with E-state index < -0.39 is 0 Å². The second-order valence-electron chi connectivity index (χ2n) is 7.57. The molecule has 0 atom stereocenters. The third-order valence-electron chi connectivity index (χ3n) is 5.10. The molecule has 0 bridgehead atoms. The summed E-state index contributed by atoms with van der Waals surface area (Å²) >= 11 is 0. The van der Waals surface area contributed by atoms with E-state index in [1.807, 2.05) is 0 Å². The third kappa shape index (κ3) is 7.58. The molecule has 9 heteroatoms. The molecular weight excluding hydrogens is 424 g/mol. The van der Waals surface area contributed by atoms with Crippen LogP contribution in [0.1, 0.15) is 27.1 Å². The van der Waals surface area contributed by atoms with Crippen LogP contribution in [-0.4, -0.2) is 75.7 Å². The number of methoxy groups -OCH3 is 1. The molecule has 33 heavy (non-hydrogen) atoms. The number of hydrogen-bond acceptors (Lipinski definition) is 6. The van der Waals surface area contributed by atoms with E-state index >= 15 is 0 Å². The van der Waals surface area contributed by atoms with Crippen molar-refractivity contribution in [3.05, 3.63) is 59.7 Å². The van der Waals surface area contributed by atoms with Gasteiger partial charge in [-0.2, -0.15) is 0 Å². The van der Waals surface area contributed by atoms with E-state index in [4.69, 9.17) is 9.47 Å². The molecule has 176 valence electrons. The van der Waals surface area contributed by atoms with Crippen molar-refractivity contribution in [2.45, 2.75) is 6.42 Å². The minimum Gasteiger partial charge on any atom is -0.385 e. The maximum absolute atomic E-state index is 12.5. The van der Waals surface area contributed by atoms with E-state index in [-0.39, 0.29) is 24.3 Å². The van der Waals surface area contributed by atoms with Gasteiger partial charge in [-0.05, 0) is 48.9 Å². The number of benzene rings is 2. The zero-order valence-corrected chi connectivity index (χ0v) is 18.8. The summed E-state index contributed by atoms with van der Waals surface area (Å²) in [6, 6.07) is 13.8. The molecule has 3 amide bonds. The summed E-state index contributed by atoms with van der Waals surface area (Å²) in [7, 11) is 1.62. The van der Waals surface area contributed by atoms with Gasteiger partial charge in [-0.25, -0.2) is 0 Å². The van der Waals surface area contributed by atoms with Crippen LogP contribution in [0.2, 0.25) is 0 Å². The highest BCUT2D eigenvalue weighted by Gasteiger charge is 2.18. The molecule has 1 fully saturated rings. The fraction of sp³-hybridized carbons (Fsp3) is 0.375. The van der Waals surface area contributed by atoms with Crippen LogP contribution in [0, 0.1) is 0 Å². The van der Waals surface area contributed by atoms with E-state index in [1.165, 1.54) is 0 Å². The minimum absolute atomic E-state index is 0.0230. The first-order valence-corrected chi connectivity index (χ1v) is 10.9. The smallest absolute Gasteiger partial charge is 0.254 e. The molecule has 0 saturated carbocycles. The molecule has 1 aliphatic heterocycles. The average molecular weight is 455 g/mol. The summed E-state index contributed by atoms with van der Waals surface area (Å²) in [5.41, 5.74) is 2.34. The lowest BCUT2D eigenvalue weighted by Gasteiger charge is -2.26. The highest BCUT2D eigenvalue weighted by molar-refractivity contribution is 5.98. The van der Waals surface area contributed by atoms with Crippen LogP contribution < -0.4 is 16.0 Å². The van der Waals surface area contributed by atoms with Crippen molar-refractivity contribution in [2.75, 3.05) is 63.7 Å². The molecule has 0 radical (unpaired) electrons. The Kier molecular flexibility index (Phi) is 9.22. The predicted molar refractivity (Wildman–Crippen MR) is 126 cm³/mol. The number of ether oxygens (including phenoxy) is 2. The summed E-state index contributed by atoms with van der Waals surface area (Å²) in [6.45, 7) is 3.45. The SMILES string of the molecule is COCCCNC(=O)c1cccc(NC(=O)CNc2ccc(C(=O)N3CCOCC3)cc2)c1. The molecule has 1 aliphatic rings. The van der Waals surface area contributed by atoms with Crippen LogP contribution >= 0.6 is 0 Å². The molecule has 1 heterocycles. The quantitative estimate of drug-likeness (QED) is 0.474. The van der Waals surface area contributed by atoms with Crippen molar-refractivity contribution >= 4 is 29.1 Å². The topological polar surface area (TPSA) is 109 Å². The van der Waals surface area contributed by atoms with Gasteiger partial charge in [0.1, 0.15) is 0 Å². The number of amides is 3. The number of rotatable bonds is 10. The molecular formula is C24H30N4O5. The highest BCUT2D eigenvalue weighted by atomic mass is 16.5. The zero-order chi connectivity index (χ0) is 23.5. The average Bonchev–Trinajstić information content (AvgIpc) is 2.86. The van der Waals surface area contributed by atoms with Gasteiger partial charge in [0.05, 0.1) is 19.8 Å². The van der Waals surface area contributed by atoms with E-state index in [1.54, 1.807) is 60.5 Å². The van der Waals surface area contributed by atoms with E-state index in [9.17, 15) is 14.4 Å². The second-order valence-corrected chi connectivity index (χ2v) is 7.57. The Labute approximate surface area is 193 Å². The maximum Gasteiger partial charge on any atom is 0.254 e. The van der Waals surface area contributed by atoms with Crippen LogP contribution in [0.25, 0.3) is 0 Å². The van der Waals surface area contributed by atoms with Crippen molar-refractivity contribution in [1.82, 2.24) is 10.2 Å². The standard InChI is InChI=1S/C24H30N4O5/c1-32-13-3-10-25-23(30)19-4-2-5-21(16-19)27-22(29)17-26-20-8-6-18(7-9-20)24(31)28-11-14-33-15-12-28/h2,4-9,16,26H,3,10-15,17H2,1H3,(H,25,30)(H,27,29). The monoisotopic (exact) mass is 454 g/mol. The Hall–Kier alpha value is -3.43. The van der Waals surface area contributed by atoms with Gasteiger partial charge in [-0.15, -0.1) is 0 Å². The molecule has 9 nitrogen and oxygen atoms in total. The number of hydrogen-bond donors (Lipinski definition) is 3. The van der Waals surface area contributed by atoms with E-state index in [2.05, 4.69) is 16.0 Å². The second kappa shape index (κ2) is 12.6. The largest absolute Gasteiger partial charge is 0.385 e. The first-order valence-electron chi connectivity index (χ1n) is 10.9. The number of nitrogens with zero attached hydrogens (tertiary/aromatic N) is 1. The molecule has 3 N–H and O–H groups in total. The molecule has 0 unspecified atom stereocenters. The third-order valence-corrected chi connectivity index (χ3v) is 5.10. The Morgan fingerprint density at radius 1 is 1.00 bits per heavy atom. The zero-order valence-electron chi connectivity index (χ0n) is 18.8. The fourth-order valence-corrected chi connectivity index (χ4v) is 3.33. The lowest BCUT2D eigenvalue weighted by atomic mass is 10.1. The summed E-state index contributed by atoms with van der Waals surface area (Å²) in [6.07, 6.45) is 0.729. The number of anilines is 2. The lowest BCUT2D eigenvalue weighted by Crippen LogP contribution is -2.40. The van der Waals surface area contributed by atoms with Crippen molar-refractivity contribution in [3.63, 3.8) is 0 Å². The lowest BCUT2D eigenvalue weighted by molar-refractivity contribution is -0.114. The first-order chi connectivity index (χ1) is 16.1. The van der Waals surface area contributed by atoms with Gasteiger partial charge in [-0.1, -0.05) is 6.07 Å². The van der Waals surface area contributed by atoms with Crippen molar-refractivity contribution in [1.29, 1.82) is 0 Å². The Morgan fingerprint density at radius 3 is 2.48 bits per heavy atom. The van der Waals surface area contributed by atoms with Gasteiger partial charge in [0.2, 0.25) is 5.91 Å². The first kappa shape index (κ1) is 24.2. The Morgan fingerprint density at radius 2 is 1.76 bits per heavy atom. The van der Waals surface area contributed by atoms with Crippen LogP contribution in [0.3, 0.4) is 0 Å². The van der Waals surface area contributed by atoms with Crippen LogP contribution in [-0.2, 0) is 14.3 Å². The summed E-state index contributed by atoms with van der Waals surface area (Å²) < 4.78 is 10.2. The van der Waals surface area contributed by atoms with E-state index in [0.717, 1.165) is 12.1 Å². The summed E-state index contributed by atoms with van der Waals surface area (Å²) in [4.78, 5) is 38.8. The summed E-state index contributed by atoms with van der Waals surface area (Å²) in [5.74, 6) is -0.474. The fourth-order valence-electron chi connectivity index (χ4n) is 3.33. The molecule has 2 aromatic rings. The van der Waals surface area contributed by atoms with Gasteiger partial charge in [-0.3, -0.25) is 14.4 Å². The van der Waals surface area contributed by atoms with E-state index in [0.29, 0.717) is 56.3 Å². The van der Waals surface area contributed by atoms with Crippen molar-refractivity contribution < 1.29 is 23.9 Å². The molecule has 0 aliphatic carbocycles. The number of carbonyl (C=O) groups excluding carboxylic acids is 3. The Balaban J connectivity index is 1.46. The predicted octanol–water partition coefficient (Wildman–Crippen LogP) is 1.98. The Bertz CT molecular complexity index is 942. The number of carbonyl (C=O) groups is 3. The number of morpholine rings is 1. The van der Waals surface area contributed by atoms with Gasteiger partial charge < -0.3 is 30.3 Å². The van der Waals surface area contributed by atoms with Crippen LogP contribution in [0.4, 0.5) is 11.4 Å². The molecule has 3 rings (SSSR count). The van der Waals surface area contributed by atoms with Crippen LogP contribution in [0.15, 0.2) is 48.5 Å². The van der Waals surface area contributed by atoms with Gasteiger partial charge in [0.25, 0.3) is 11.8 Å². The number of nitrogens with one attached hydrogen (secondary N) is 3. The van der Waals surface area contributed by atoms with Gasteiger partial charge >= 0.3 is 0 Å². The summed E-state index contributed by atoms with van der Waals surface area (Å²) in [5, 5.41) is 8.64. The van der Waals surface area contributed by atoms with Gasteiger partial charge in [0.15, 0.2) is 0 Å². The minimum atomic E-state index is -0.249. The van der Waals surface area contributed by atoms with Crippen LogP contribution in [0.5, 0.6) is 0 Å². The maximum atomic E-state index is 12.5. The molecule has 2 aromatic carbocycles. The molecule has 0 spiro atoms.